The molecule has 0 saturated carbocycles. The van der Waals surface area contributed by atoms with Crippen molar-refractivity contribution in [3.8, 4) is 0 Å². The highest BCUT2D eigenvalue weighted by Crippen LogP contribution is 2.21. The van der Waals surface area contributed by atoms with Gasteiger partial charge in [-0.05, 0) is 37.5 Å². The Labute approximate surface area is 148 Å². The van der Waals surface area contributed by atoms with Gasteiger partial charge < -0.3 is 10.4 Å². The number of sulfonamides is 1. The Morgan fingerprint density at radius 2 is 1.64 bits per heavy atom. The van der Waals surface area contributed by atoms with Gasteiger partial charge in [-0.3, -0.25) is 9.59 Å². The Bertz CT molecular complexity index is 694. The minimum atomic E-state index is -3.27. The van der Waals surface area contributed by atoms with Crippen molar-refractivity contribution < 1.29 is 23.1 Å². The molecule has 1 aromatic carbocycles. The molecule has 0 aliphatic carbocycles. The van der Waals surface area contributed by atoms with Gasteiger partial charge in [-0.1, -0.05) is 26.0 Å². The second kappa shape index (κ2) is 8.96. The number of carboxylic acid groups (broad SMARTS) is 1. The molecule has 0 unspecified atom stereocenters. The molecule has 25 heavy (non-hydrogen) atoms. The second-order valence-corrected chi connectivity index (χ2v) is 8.03. The first-order valence-corrected chi connectivity index (χ1v) is 9.92. The zero-order valence-corrected chi connectivity index (χ0v) is 15.6. The van der Waals surface area contributed by atoms with Crippen molar-refractivity contribution in [2.24, 2.45) is 0 Å². The van der Waals surface area contributed by atoms with Gasteiger partial charge in [0.25, 0.3) is 5.91 Å². The van der Waals surface area contributed by atoms with E-state index in [0.717, 1.165) is 5.56 Å². The van der Waals surface area contributed by atoms with Crippen LogP contribution in [0.1, 0.15) is 56.0 Å². The summed E-state index contributed by atoms with van der Waals surface area (Å²) in [4.78, 5) is 23.5. The summed E-state index contributed by atoms with van der Waals surface area (Å²) in [5, 5.41) is 11.9. The van der Waals surface area contributed by atoms with Gasteiger partial charge in [0.2, 0.25) is 10.0 Å². The van der Waals surface area contributed by atoms with Crippen LogP contribution in [0.5, 0.6) is 0 Å². The van der Waals surface area contributed by atoms with Crippen LogP contribution in [0.2, 0.25) is 0 Å². The number of hydrogen-bond acceptors (Lipinski definition) is 4. The third-order valence-corrected chi connectivity index (χ3v) is 5.66. The summed E-state index contributed by atoms with van der Waals surface area (Å²) in [6.07, 6.45) is 0.888. The van der Waals surface area contributed by atoms with Crippen molar-refractivity contribution in [3.63, 3.8) is 0 Å². The smallest absolute Gasteiger partial charge is 0.305 e. The van der Waals surface area contributed by atoms with Crippen molar-refractivity contribution in [1.29, 1.82) is 0 Å². The molecule has 1 rings (SSSR count). The molecule has 0 saturated heterocycles. The van der Waals surface area contributed by atoms with Crippen LogP contribution in [0.4, 0.5) is 0 Å². The lowest BCUT2D eigenvalue weighted by Crippen LogP contribution is -2.49. The van der Waals surface area contributed by atoms with E-state index in [1.165, 1.54) is 0 Å². The zero-order valence-electron chi connectivity index (χ0n) is 14.8. The largest absolute Gasteiger partial charge is 0.481 e. The first-order valence-electron chi connectivity index (χ1n) is 8.27. The molecule has 0 fully saturated rings. The standard InChI is InChI=1S/C17H26N2O5S/c1-4-17(5-2,11-15(20)21)19-16(22)14-9-7-13(8-10-14)12-18-25(23,24)6-3/h7-10,18H,4-6,11-12H2,1-3H3,(H,19,22)(H,20,21). The van der Waals surface area contributed by atoms with Crippen LogP contribution in [-0.2, 0) is 21.4 Å². The Balaban J connectivity index is 2.80. The fourth-order valence-electron chi connectivity index (χ4n) is 2.39. The maximum absolute atomic E-state index is 12.4. The summed E-state index contributed by atoms with van der Waals surface area (Å²) in [5.74, 6) is -1.29. The number of aliphatic carboxylic acids is 1. The van der Waals surface area contributed by atoms with E-state index >= 15 is 0 Å². The zero-order chi connectivity index (χ0) is 19.1. The molecule has 140 valence electrons. The third-order valence-electron chi connectivity index (χ3n) is 4.31. The quantitative estimate of drug-likeness (QED) is 0.582. The lowest BCUT2D eigenvalue weighted by atomic mass is 9.88. The van der Waals surface area contributed by atoms with Crippen molar-refractivity contribution in [3.05, 3.63) is 35.4 Å². The highest BCUT2D eigenvalue weighted by atomic mass is 32.2. The molecule has 0 heterocycles. The van der Waals surface area contributed by atoms with E-state index in [2.05, 4.69) is 10.0 Å². The Hall–Kier alpha value is -1.93. The number of carbonyl (C=O) groups is 2. The molecule has 1 aromatic rings. The van der Waals surface area contributed by atoms with E-state index in [4.69, 9.17) is 5.11 Å². The number of carboxylic acids is 1. The lowest BCUT2D eigenvalue weighted by molar-refractivity contribution is -0.138. The molecule has 0 aliphatic heterocycles. The van der Waals surface area contributed by atoms with Gasteiger partial charge in [-0.25, -0.2) is 13.1 Å². The Kier molecular flexibility index (Phi) is 7.57. The lowest BCUT2D eigenvalue weighted by Gasteiger charge is -2.31. The SMILES string of the molecule is CCC(CC)(CC(=O)O)NC(=O)c1ccc(CNS(=O)(=O)CC)cc1. The summed E-state index contributed by atoms with van der Waals surface area (Å²) in [6, 6.07) is 6.54. The summed E-state index contributed by atoms with van der Waals surface area (Å²) in [7, 11) is -3.27. The van der Waals surface area contributed by atoms with Crippen molar-refractivity contribution in [2.45, 2.75) is 52.1 Å². The number of rotatable bonds is 10. The normalized spacial score (nSPS) is 12.0. The van der Waals surface area contributed by atoms with E-state index < -0.39 is 21.5 Å². The molecule has 0 aliphatic rings. The topological polar surface area (TPSA) is 113 Å². The second-order valence-electron chi connectivity index (χ2n) is 5.93. The van der Waals surface area contributed by atoms with E-state index in [0.29, 0.717) is 18.4 Å². The number of hydrogen-bond donors (Lipinski definition) is 3. The maximum atomic E-state index is 12.4. The first-order chi connectivity index (χ1) is 11.7. The molecule has 1 amide bonds. The first kappa shape index (κ1) is 21.1. The molecular weight excluding hydrogens is 344 g/mol. The van der Waals surface area contributed by atoms with Crippen LogP contribution in [0.25, 0.3) is 0 Å². The van der Waals surface area contributed by atoms with E-state index in [9.17, 15) is 18.0 Å². The summed E-state index contributed by atoms with van der Waals surface area (Å²) in [5.41, 5.74) is 0.355. The Morgan fingerprint density at radius 3 is 2.08 bits per heavy atom. The van der Waals surface area contributed by atoms with Gasteiger partial charge in [0.1, 0.15) is 0 Å². The minimum absolute atomic E-state index is 0.00713. The van der Waals surface area contributed by atoms with Crippen LogP contribution >= 0.6 is 0 Å². The number of nitrogens with one attached hydrogen (secondary N) is 2. The van der Waals surface area contributed by atoms with Crippen molar-refractivity contribution in [1.82, 2.24) is 10.0 Å². The summed E-state index contributed by atoms with van der Waals surface area (Å²) in [6.45, 7) is 5.40. The van der Waals surface area contributed by atoms with Crippen LogP contribution < -0.4 is 10.0 Å². The third kappa shape index (κ3) is 6.47. The molecule has 8 heteroatoms. The maximum Gasteiger partial charge on any atom is 0.305 e. The van der Waals surface area contributed by atoms with Gasteiger partial charge in [-0.15, -0.1) is 0 Å². The van der Waals surface area contributed by atoms with E-state index in [1.807, 2.05) is 13.8 Å². The van der Waals surface area contributed by atoms with Gasteiger partial charge in [0.15, 0.2) is 0 Å². The number of benzene rings is 1. The average Bonchev–Trinajstić information content (AvgIpc) is 2.59. The molecule has 0 bridgehead atoms. The minimum Gasteiger partial charge on any atom is -0.481 e. The molecule has 0 atom stereocenters. The molecule has 0 radical (unpaired) electrons. The fourth-order valence-corrected chi connectivity index (χ4v) is 2.98. The van der Waals surface area contributed by atoms with Crippen molar-refractivity contribution in [2.75, 3.05) is 5.75 Å². The number of carbonyl (C=O) groups excluding carboxylic acids is 1. The van der Waals surface area contributed by atoms with Gasteiger partial charge in [0.05, 0.1) is 17.7 Å². The predicted molar refractivity (Wildman–Crippen MR) is 95.8 cm³/mol. The van der Waals surface area contributed by atoms with Gasteiger partial charge >= 0.3 is 5.97 Å². The molecule has 3 N–H and O–H groups in total. The van der Waals surface area contributed by atoms with Crippen LogP contribution in [-0.4, -0.2) is 36.7 Å². The monoisotopic (exact) mass is 370 g/mol. The molecule has 0 spiro atoms. The highest BCUT2D eigenvalue weighted by Gasteiger charge is 2.31. The van der Waals surface area contributed by atoms with Crippen LogP contribution in [0, 0.1) is 0 Å². The molecule has 0 aromatic heterocycles. The highest BCUT2D eigenvalue weighted by molar-refractivity contribution is 7.89. The Morgan fingerprint density at radius 1 is 1.08 bits per heavy atom. The van der Waals surface area contributed by atoms with Crippen LogP contribution in [0.3, 0.4) is 0 Å². The van der Waals surface area contributed by atoms with Crippen molar-refractivity contribution >= 4 is 21.9 Å². The van der Waals surface area contributed by atoms with E-state index in [1.54, 1.807) is 31.2 Å². The summed E-state index contributed by atoms with van der Waals surface area (Å²) >= 11 is 0. The van der Waals surface area contributed by atoms with E-state index in [-0.39, 0.29) is 24.6 Å². The number of amides is 1. The predicted octanol–water partition coefficient (Wildman–Crippen LogP) is 1.89. The van der Waals surface area contributed by atoms with Crippen LogP contribution in [0.15, 0.2) is 24.3 Å². The molecular formula is C17H26N2O5S. The molecule has 7 nitrogen and oxygen atoms in total. The summed E-state index contributed by atoms with van der Waals surface area (Å²) < 4.78 is 25.3. The van der Waals surface area contributed by atoms with Gasteiger partial charge in [-0.2, -0.15) is 0 Å². The average molecular weight is 370 g/mol. The van der Waals surface area contributed by atoms with Gasteiger partial charge in [0, 0.05) is 12.1 Å². The fraction of sp³-hybridized carbons (Fsp3) is 0.529.